The molecule has 0 atom stereocenters. The number of carbonyl (C=O) groups excluding carboxylic acids is 2. The molecule has 0 bridgehead atoms. The summed E-state index contributed by atoms with van der Waals surface area (Å²) in [6, 6.07) is 19.3. The van der Waals surface area contributed by atoms with Crippen molar-refractivity contribution in [3.63, 3.8) is 0 Å². The summed E-state index contributed by atoms with van der Waals surface area (Å²) in [5, 5.41) is 2.81. The molecule has 0 aliphatic carbocycles. The number of nitrogens with zero attached hydrogens (tertiary/aromatic N) is 1. The Hall–Kier alpha value is -4.11. The summed E-state index contributed by atoms with van der Waals surface area (Å²) in [5.41, 5.74) is 7.38. The van der Waals surface area contributed by atoms with Gasteiger partial charge in [0, 0.05) is 17.4 Å². The van der Waals surface area contributed by atoms with Crippen molar-refractivity contribution in [3.8, 4) is 17.6 Å². The third-order valence-electron chi connectivity index (χ3n) is 3.62. The fraction of sp³-hybridized carbons (Fsp3) is 0.0455. The Kier molecular flexibility index (Phi) is 6.01. The summed E-state index contributed by atoms with van der Waals surface area (Å²) in [6.45, 7) is -0.303. The minimum absolute atomic E-state index is 0.282. The van der Waals surface area contributed by atoms with Crippen LogP contribution in [-0.4, -0.2) is 23.4 Å². The van der Waals surface area contributed by atoms with Crippen LogP contribution in [0, 0.1) is 11.8 Å². The summed E-state index contributed by atoms with van der Waals surface area (Å²) in [6.07, 6.45) is 1.68. The number of nitrogens with two attached hydrogens (primary N) is 1. The molecule has 6 nitrogen and oxygen atoms in total. The number of benzene rings is 2. The van der Waals surface area contributed by atoms with Gasteiger partial charge in [0.2, 0.25) is 0 Å². The Balaban J connectivity index is 1.75. The highest BCUT2D eigenvalue weighted by molar-refractivity contribution is 6.06. The molecule has 0 unspecified atom stereocenters. The number of hydrogen-bond acceptors (Lipinski definition) is 4. The van der Waals surface area contributed by atoms with Gasteiger partial charge < -0.3 is 15.8 Å². The van der Waals surface area contributed by atoms with E-state index in [9.17, 15) is 9.59 Å². The Morgan fingerprint density at radius 3 is 2.61 bits per heavy atom. The van der Waals surface area contributed by atoms with Crippen LogP contribution in [0.5, 0.6) is 5.75 Å². The number of amides is 2. The zero-order valence-electron chi connectivity index (χ0n) is 14.9. The Morgan fingerprint density at radius 1 is 1.00 bits per heavy atom. The molecule has 0 aliphatic heterocycles. The maximum Gasteiger partial charge on any atom is 0.259 e. The smallest absolute Gasteiger partial charge is 0.259 e. The highest BCUT2D eigenvalue weighted by Crippen LogP contribution is 2.20. The van der Waals surface area contributed by atoms with Crippen LogP contribution in [0.2, 0.25) is 0 Å². The predicted octanol–water partition coefficient (Wildman–Crippen LogP) is 2.60. The van der Waals surface area contributed by atoms with E-state index in [0.29, 0.717) is 16.9 Å². The van der Waals surface area contributed by atoms with Crippen LogP contribution in [0.1, 0.15) is 21.6 Å². The molecule has 0 spiro atoms. The zero-order chi connectivity index (χ0) is 19.8. The van der Waals surface area contributed by atoms with Crippen molar-refractivity contribution in [3.05, 3.63) is 89.7 Å². The minimum Gasteiger partial charge on any atom is -0.483 e. The number of ether oxygens (including phenoxy) is 1. The molecule has 3 N–H and O–H groups in total. The van der Waals surface area contributed by atoms with Gasteiger partial charge in [0.1, 0.15) is 11.4 Å². The quantitative estimate of drug-likeness (QED) is 0.674. The number of pyridine rings is 1. The Morgan fingerprint density at radius 2 is 1.82 bits per heavy atom. The first-order chi connectivity index (χ1) is 13.6. The van der Waals surface area contributed by atoms with Crippen LogP contribution in [0.15, 0.2) is 72.9 Å². The van der Waals surface area contributed by atoms with Crippen LogP contribution in [0.25, 0.3) is 0 Å². The number of aromatic nitrogens is 1. The first kappa shape index (κ1) is 18.7. The molecule has 138 valence electrons. The van der Waals surface area contributed by atoms with Gasteiger partial charge in [-0.3, -0.25) is 9.59 Å². The second kappa shape index (κ2) is 9.01. The second-order valence-corrected chi connectivity index (χ2v) is 5.75. The van der Waals surface area contributed by atoms with Crippen molar-refractivity contribution >= 4 is 17.5 Å². The molecule has 2 aromatic carbocycles. The maximum absolute atomic E-state index is 12.6. The molecule has 0 saturated heterocycles. The van der Waals surface area contributed by atoms with Gasteiger partial charge >= 0.3 is 0 Å². The van der Waals surface area contributed by atoms with Crippen molar-refractivity contribution in [2.24, 2.45) is 5.73 Å². The molecule has 0 fully saturated rings. The van der Waals surface area contributed by atoms with E-state index in [-0.39, 0.29) is 18.3 Å². The summed E-state index contributed by atoms with van der Waals surface area (Å²) < 4.78 is 5.30. The number of rotatable bonds is 5. The maximum atomic E-state index is 12.6. The summed E-state index contributed by atoms with van der Waals surface area (Å²) in [7, 11) is 0. The van der Waals surface area contributed by atoms with Crippen molar-refractivity contribution < 1.29 is 14.3 Å². The van der Waals surface area contributed by atoms with Gasteiger partial charge in [0.05, 0.1) is 5.56 Å². The van der Waals surface area contributed by atoms with E-state index in [2.05, 4.69) is 22.1 Å². The van der Waals surface area contributed by atoms with Crippen molar-refractivity contribution in [1.29, 1.82) is 0 Å². The van der Waals surface area contributed by atoms with Crippen LogP contribution in [0.3, 0.4) is 0 Å². The van der Waals surface area contributed by atoms with Gasteiger partial charge in [-0.1, -0.05) is 30.2 Å². The van der Waals surface area contributed by atoms with E-state index in [1.807, 2.05) is 24.3 Å². The van der Waals surface area contributed by atoms with E-state index in [0.717, 1.165) is 5.56 Å². The summed E-state index contributed by atoms with van der Waals surface area (Å²) >= 11 is 0. The molecule has 0 radical (unpaired) electrons. The lowest BCUT2D eigenvalue weighted by molar-refractivity contribution is -0.119. The molecule has 2 amide bonds. The van der Waals surface area contributed by atoms with E-state index < -0.39 is 5.91 Å². The average molecular weight is 371 g/mol. The highest BCUT2D eigenvalue weighted by atomic mass is 16.5. The molecule has 3 rings (SSSR count). The fourth-order valence-electron chi connectivity index (χ4n) is 2.38. The average Bonchev–Trinajstić information content (AvgIpc) is 2.72. The second-order valence-electron chi connectivity index (χ2n) is 5.75. The number of nitrogens with one attached hydrogen (secondary N) is 1. The molecular formula is C22H17N3O3. The molecule has 0 aliphatic rings. The van der Waals surface area contributed by atoms with Crippen LogP contribution >= 0.6 is 0 Å². The first-order valence-electron chi connectivity index (χ1n) is 8.46. The van der Waals surface area contributed by atoms with Crippen LogP contribution < -0.4 is 15.8 Å². The highest BCUT2D eigenvalue weighted by Gasteiger charge is 2.13. The van der Waals surface area contributed by atoms with E-state index in [4.69, 9.17) is 10.5 Å². The van der Waals surface area contributed by atoms with Crippen molar-refractivity contribution in [2.75, 3.05) is 11.9 Å². The van der Waals surface area contributed by atoms with Crippen LogP contribution in [0.4, 0.5) is 5.69 Å². The van der Waals surface area contributed by atoms with Gasteiger partial charge in [0.15, 0.2) is 6.61 Å². The van der Waals surface area contributed by atoms with Gasteiger partial charge in [-0.15, -0.1) is 0 Å². The molecule has 1 heterocycles. The van der Waals surface area contributed by atoms with Crippen molar-refractivity contribution in [1.82, 2.24) is 4.98 Å². The number of carbonyl (C=O) groups is 2. The number of anilines is 1. The topological polar surface area (TPSA) is 94.3 Å². The minimum atomic E-state index is -0.616. The Labute approximate surface area is 162 Å². The lowest BCUT2D eigenvalue weighted by Crippen LogP contribution is -2.21. The monoisotopic (exact) mass is 371 g/mol. The number of primary amides is 1. The van der Waals surface area contributed by atoms with E-state index >= 15 is 0 Å². The largest absolute Gasteiger partial charge is 0.483 e. The molecule has 28 heavy (non-hydrogen) atoms. The summed E-state index contributed by atoms with van der Waals surface area (Å²) in [5.74, 6) is 5.29. The normalized spacial score (nSPS) is 9.71. The predicted molar refractivity (Wildman–Crippen MR) is 106 cm³/mol. The van der Waals surface area contributed by atoms with E-state index in [1.54, 1.807) is 48.7 Å². The Bertz CT molecular complexity index is 1050. The fourth-order valence-corrected chi connectivity index (χ4v) is 2.38. The van der Waals surface area contributed by atoms with Gasteiger partial charge in [-0.05, 0) is 48.4 Å². The standard InChI is InChI=1S/C22H17N3O3/c23-21(26)15-28-20-10-2-1-9-19(20)22(27)25-18-8-5-6-16(14-18)11-12-17-7-3-4-13-24-17/h1-10,13-14H,15H2,(H2,23,26)(H,25,27). The lowest BCUT2D eigenvalue weighted by Gasteiger charge is -2.11. The van der Waals surface area contributed by atoms with E-state index in [1.165, 1.54) is 0 Å². The molecule has 6 heteroatoms. The molecular weight excluding hydrogens is 354 g/mol. The van der Waals surface area contributed by atoms with Gasteiger partial charge in [-0.2, -0.15) is 0 Å². The first-order valence-corrected chi connectivity index (χ1v) is 8.46. The number of hydrogen-bond donors (Lipinski definition) is 2. The summed E-state index contributed by atoms with van der Waals surface area (Å²) in [4.78, 5) is 27.7. The third-order valence-corrected chi connectivity index (χ3v) is 3.62. The molecule has 1 aromatic heterocycles. The SMILES string of the molecule is NC(=O)COc1ccccc1C(=O)Nc1cccc(C#Cc2ccccn2)c1. The van der Waals surface area contributed by atoms with Gasteiger partial charge in [-0.25, -0.2) is 4.98 Å². The van der Waals surface area contributed by atoms with Crippen LogP contribution in [-0.2, 0) is 4.79 Å². The number of para-hydroxylation sites is 1. The molecule has 3 aromatic rings. The zero-order valence-corrected chi connectivity index (χ0v) is 14.9. The lowest BCUT2D eigenvalue weighted by atomic mass is 10.1. The third kappa shape index (κ3) is 5.19. The van der Waals surface area contributed by atoms with Gasteiger partial charge in [0.25, 0.3) is 11.8 Å². The van der Waals surface area contributed by atoms with Crippen molar-refractivity contribution in [2.45, 2.75) is 0 Å². The molecule has 0 saturated carbocycles.